The first-order valence-electron chi connectivity index (χ1n) is 5.11. The first kappa shape index (κ1) is 12.7. The predicted molar refractivity (Wildman–Crippen MR) is 59.1 cm³/mol. The van der Waals surface area contributed by atoms with E-state index in [1.165, 1.54) is 13.3 Å². The van der Waals surface area contributed by atoms with Gasteiger partial charge in [0, 0.05) is 13.7 Å². The number of carbonyl (C=O) groups excluding carboxylic acids is 1. The topological polar surface area (TPSA) is 64.3 Å². The predicted octanol–water partition coefficient (Wildman–Crippen LogP) is 0.768. The second-order valence-corrected chi connectivity index (χ2v) is 4.62. The molecule has 0 saturated carbocycles. The number of ether oxygens (including phenoxy) is 1. The molecule has 5 heteroatoms. The summed E-state index contributed by atoms with van der Waals surface area (Å²) < 4.78 is 6.33. The van der Waals surface area contributed by atoms with E-state index in [1.54, 1.807) is 11.7 Å². The number of hydrogen-bond donors (Lipinski definition) is 1. The van der Waals surface area contributed by atoms with Gasteiger partial charge >= 0.3 is 5.97 Å². The summed E-state index contributed by atoms with van der Waals surface area (Å²) in [4.78, 5) is 11.5. The van der Waals surface area contributed by atoms with Gasteiger partial charge in [-0.15, -0.1) is 0 Å². The van der Waals surface area contributed by atoms with Crippen molar-refractivity contribution in [1.29, 1.82) is 0 Å². The molecule has 1 heterocycles. The molecule has 0 bridgehead atoms. The minimum Gasteiger partial charge on any atom is -0.465 e. The third-order valence-corrected chi connectivity index (χ3v) is 2.54. The van der Waals surface area contributed by atoms with Crippen LogP contribution in [0.3, 0.4) is 0 Å². The number of methoxy groups -OCH3 is 1. The normalized spacial score (nSPS) is 11.6. The molecule has 0 aliphatic carbocycles. The summed E-state index contributed by atoms with van der Waals surface area (Å²) >= 11 is 0. The average Bonchev–Trinajstić information content (AvgIpc) is 2.59. The quantitative estimate of drug-likeness (QED) is 0.770. The number of aliphatic hydroxyl groups is 1. The molecule has 1 aromatic rings. The van der Waals surface area contributed by atoms with Crippen LogP contribution >= 0.6 is 0 Å². The van der Waals surface area contributed by atoms with Crippen LogP contribution in [0, 0.1) is 5.41 Å². The summed E-state index contributed by atoms with van der Waals surface area (Å²) in [6.45, 7) is 3.92. The number of esters is 1. The van der Waals surface area contributed by atoms with Gasteiger partial charge in [-0.3, -0.25) is 4.68 Å². The van der Waals surface area contributed by atoms with Crippen LogP contribution in [0.1, 0.15) is 29.9 Å². The van der Waals surface area contributed by atoms with Crippen molar-refractivity contribution in [2.24, 2.45) is 12.5 Å². The molecule has 0 fully saturated rings. The molecule has 90 valence electrons. The Labute approximate surface area is 95.0 Å². The number of aliphatic hydroxyl groups excluding tert-OH is 1. The molecule has 0 atom stereocenters. The summed E-state index contributed by atoms with van der Waals surface area (Å²) in [6, 6.07) is 0. The second kappa shape index (κ2) is 4.65. The molecule has 16 heavy (non-hydrogen) atoms. The highest BCUT2D eigenvalue weighted by Crippen LogP contribution is 2.23. The van der Waals surface area contributed by atoms with Crippen LogP contribution in [0.15, 0.2) is 6.20 Å². The Morgan fingerprint density at radius 3 is 2.75 bits per heavy atom. The molecule has 0 radical (unpaired) electrons. The maximum atomic E-state index is 11.5. The number of aromatic nitrogens is 2. The maximum absolute atomic E-state index is 11.5. The van der Waals surface area contributed by atoms with Crippen LogP contribution in [0.25, 0.3) is 0 Å². The van der Waals surface area contributed by atoms with Crippen molar-refractivity contribution in [2.75, 3.05) is 13.7 Å². The van der Waals surface area contributed by atoms with E-state index in [2.05, 4.69) is 9.84 Å². The van der Waals surface area contributed by atoms with Crippen molar-refractivity contribution in [3.05, 3.63) is 17.5 Å². The van der Waals surface area contributed by atoms with Gasteiger partial charge in [-0.25, -0.2) is 4.79 Å². The smallest absolute Gasteiger partial charge is 0.341 e. The average molecular weight is 226 g/mol. The van der Waals surface area contributed by atoms with Gasteiger partial charge in [-0.05, 0) is 11.8 Å². The van der Waals surface area contributed by atoms with Crippen molar-refractivity contribution in [3.63, 3.8) is 0 Å². The van der Waals surface area contributed by atoms with E-state index in [-0.39, 0.29) is 12.0 Å². The number of carbonyl (C=O) groups is 1. The van der Waals surface area contributed by atoms with Crippen LogP contribution in [-0.4, -0.2) is 34.6 Å². The Morgan fingerprint density at radius 2 is 2.25 bits per heavy atom. The lowest BCUT2D eigenvalue weighted by molar-refractivity contribution is 0.0597. The van der Waals surface area contributed by atoms with E-state index >= 15 is 0 Å². The SMILES string of the molecule is COC(=O)c1cnn(C)c1CC(C)(C)CO. The fourth-order valence-electron chi connectivity index (χ4n) is 1.46. The minimum absolute atomic E-state index is 0.0544. The molecule has 0 unspecified atom stereocenters. The number of rotatable bonds is 4. The first-order valence-corrected chi connectivity index (χ1v) is 5.11. The largest absolute Gasteiger partial charge is 0.465 e. The van der Waals surface area contributed by atoms with Gasteiger partial charge in [-0.2, -0.15) is 5.10 Å². The van der Waals surface area contributed by atoms with Gasteiger partial charge in [0.25, 0.3) is 0 Å². The van der Waals surface area contributed by atoms with E-state index in [1.807, 2.05) is 13.8 Å². The summed E-state index contributed by atoms with van der Waals surface area (Å²) in [7, 11) is 3.12. The Hall–Kier alpha value is -1.36. The highest BCUT2D eigenvalue weighted by molar-refractivity contribution is 5.90. The fraction of sp³-hybridized carbons (Fsp3) is 0.636. The van der Waals surface area contributed by atoms with Gasteiger partial charge < -0.3 is 9.84 Å². The van der Waals surface area contributed by atoms with Crippen LogP contribution < -0.4 is 0 Å². The molecular weight excluding hydrogens is 208 g/mol. The van der Waals surface area contributed by atoms with Crippen molar-refractivity contribution >= 4 is 5.97 Å². The van der Waals surface area contributed by atoms with E-state index in [0.29, 0.717) is 12.0 Å². The molecule has 1 aromatic heterocycles. The molecule has 0 saturated heterocycles. The van der Waals surface area contributed by atoms with Gasteiger partial charge in [0.2, 0.25) is 0 Å². The molecule has 0 aliphatic heterocycles. The molecular formula is C11H18N2O3. The van der Waals surface area contributed by atoms with E-state index in [0.717, 1.165) is 5.69 Å². The summed E-state index contributed by atoms with van der Waals surface area (Å²) in [5.74, 6) is -0.392. The minimum atomic E-state index is -0.392. The van der Waals surface area contributed by atoms with Crippen LogP contribution in [0.4, 0.5) is 0 Å². The molecule has 0 spiro atoms. The summed E-state index contributed by atoms with van der Waals surface area (Å²) in [5.41, 5.74) is 0.966. The number of hydrogen-bond acceptors (Lipinski definition) is 4. The van der Waals surface area contributed by atoms with Crippen molar-refractivity contribution in [2.45, 2.75) is 20.3 Å². The molecule has 1 rings (SSSR count). The zero-order valence-corrected chi connectivity index (χ0v) is 10.1. The monoisotopic (exact) mass is 226 g/mol. The van der Waals surface area contributed by atoms with Crippen LogP contribution in [0.5, 0.6) is 0 Å². The second-order valence-electron chi connectivity index (χ2n) is 4.62. The molecule has 0 aliphatic rings. The maximum Gasteiger partial charge on any atom is 0.341 e. The standard InChI is InChI=1S/C11H18N2O3/c1-11(2,7-14)5-9-8(10(15)16-4)6-12-13(9)3/h6,14H,5,7H2,1-4H3. The number of nitrogens with zero attached hydrogens (tertiary/aromatic N) is 2. The lowest BCUT2D eigenvalue weighted by Gasteiger charge is -2.21. The van der Waals surface area contributed by atoms with Crippen LogP contribution in [-0.2, 0) is 18.2 Å². The zero-order valence-electron chi connectivity index (χ0n) is 10.1. The highest BCUT2D eigenvalue weighted by Gasteiger charge is 2.24. The molecule has 1 N–H and O–H groups in total. The first-order chi connectivity index (χ1) is 7.41. The Bertz CT molecular complexity index is 383. The molecule has 0 amide bonds. The summed E-state index contributed by atoms with van der Waals surface area (Å²) in [6.07, 6.45) is 2.07. The lowest BCUT2D eigenvalue weighted by Crippen LogP contribution is -2.23. The molecule has 0 aromatic carbocycles. The molecule has 5 nitrogen and oxygen atoms in total. The van der Waals surface area contributed by atoms with E-state index < -0.39 is 5.97 Å². The zero-order chi connectivity index (χ0) is 12.3. The summed E-state index contributed by atoms with van der Waals surface area (Å²) in [5, 5.41) is 13.3. The van der Waals surface area contributed by atoms with Gasteiger partial charge in [0.05, 0.1) is 19.0 Å². The van der Waals surface area contributed by atoms with Crippen molar-refractivity contribution in [1.82, 2.24) is 9.78 Å². The van der Waals surface area contributed by atoms with Gasteiger partial charge in [-0.1, -0.05) is 13.8 Å². The third-order valence-electron chi connectivity index (χ3n) is 2.54. The Morgan fingerprint density at radius 1 is 1.62 bits per heavy atom. The van der Waals surface area contributed by atoms with Gasteiger partial charge in [0.1, 0.15) is 5.56 Å². The Kier molecular flexibility index (Phi) is 3.70. The Balaban J connectivity index is 3.03. The van der Waals surface area contributed by atoms with Crippen LogP contribution in [0.2, 0.25) is 0 Å². The number of aryl methyl sites for hydroxylation is 1. The lowest BCUT2D eigenvalue weighted by atomic mass is 9.88. The van der Waals surface area contributed by atoms with E-state index in [4.69, 9.17) is 0 Å². The van der Waals surface area contributed by atoms with Crippen molar-refractivity contribution < 1.29 is 14.6 Å². The van der Waals surface area contributed by atoms with Crippen molar-refractivity contribution in [3.8, 4) is 0 Å². The van der Waals surface area contributed by atoms with E-state index in [9.17, 15) is 9.90 Å². The third kappa shape index (κ3) is 2.61. The fourth-order valence-corrected chi connectivity index (χ4v) is 1.46. The highest BCUT2D eigenvalue weighted by atomic mass is 16.5. The van der Waals surface area contributed by atoms with Gasteiger partial charge in [0.15, 0.2) is 0 Å².